The molecule has 1 amide bonds. The Hall–Kier alpha value is -0.610. The Bertz CT molecular complexity index is 264. The number of nitrogens with one attached hydrogen (secondary N) is 1. The Balaban J connectivity index is 1.78. The van der Waals surface area contributed by atoms with Gasteiger partial charge in [-0.25, -0.2) is 0 Å². The summed E-state index contributed by atoms with van der Waals surface area (Å²) in [6.07, 6.45) is 6.71. The predicted molar refractivity (Wildman–Crippen MR) is 66.6 cm³/mol. The molecule has 1 aliphatic heterocycles. The Morgan fingerprint density at radius 3 is 2.65 bits per heavy atom. The predicted octanol–water partition coefficient (Wildman–Crippen LogP) is 0.748. The van der Waals surface area contributed by atoms with Gasteiger partial charge >= 0.3 is 0 Å². The van der Waals surface area contributed by atoms with Crippen LogP contribution in [-0.2, 0) is 4.79 Å². The van der Waals surface area contributed by atoms with Crippen LogP contribution < -0.4 is 5.32 Å². The van der Waals surface area contributed by atoms with Crippen molar-refractivity contribution in [2.75, 3.05) is 20.1 Å². The monoisotopic (exact) mass is 240 g/mol. The number of carbonyl (C=O) groups is 1. The number of aliphatic hydroxyl groups excluding tert-OH is 1. The van der Waals surface area contributed by atoms with Gasteiger partial charge in [0, 0.05) is 20.1 Å². The van der Waals surface area contributed by atoms with Crippen molar-refractivity contribution in [3.05, 3.63) is 0 Å². The van der Waals surface area contributed by atoms with Crippen molar-refractivity contribution in [1.82, 2.24) is 10.2 Å². The molecule has 1 aliphatic carbocycles. The van der Waals surface area contributed by atoms with Crippen molar-refractivity contribution >= 4 is 5.91 Å². The van der Waals surface area contributed by atoms with Gasteiger partial charge in [0.25, 0.3) is 0 Å². The fraction of sp³-hybridized carbons (Fsp3) is 0.923. The van der Waals surface area contributed by atoms with Gasteiger partial charge in [-0.2, -0.15) is 0 Å². The van der Waals surface area contributed by atoms with E-state index in [-0.39, 0.29) is 18.1 Å². The van der Waals surface area contributed by atoms with Crippen LogP contribution in [0.5, 0.6) is 0 Å². The number of carbonyl (C=O) groups excluding carboxylic acids is 1. The second kappa shape index (κ2) is 5.83. The summed E-state index contributed by atoms with van der Waals surface area (Å²) in [5.41, 5.74) is 0. The molecule has 1 saturated carbocycles. The van der Waals surface area contributed by atoms with Crippen LogP contribution in [0.15, 0.2) is 0 Å². The molecular formula is C13H24N2O2. The van der Waals surface area contributed by atoms with Crippen LogP contribution in [0.2, 0.25) is 0 Å². The summed E-state index contributed by atoms with van der Waals surface area (Å²) >= 11 is 0. The minimum atomic E-state index is -0.355. The van der Waals surface area contributed by atoms with Crippen LogP contribution in [0.25, 0.3) is 0 Å². The Morgan fingerprint density at radius 2 is 2.06 bits per heavy atom. The summed E-state index contributed by atoms with van der Waals surface area (Å²) in [7, 11) is 1.89. The van der Waals surface area contributed by atoms with Gasteiger partial charge in [-0.05, 0) is 25.2 Å². The Morgan fingerprint density at radius 1 is 1.35 bits per heavy atom. The lowest BCUT2D eigenvalue weighted by atomic mass is 9.89. The van der Waals surface area contributed by atoms with Crippen molar-refractivity contribution in [2.45, 2.75) is 50.7 Å². The highest BCUT2D eigenvalue weighted by molar-refractivity contribution is 5.82. The van der Waals surface area contributed by atoms with Gasteiger partial charge in [0.1, 0.15) is 0 Å². The zero-order valence-corrected chi connectivity index (χ0v) is 10.7. The molecule has 0 spiro atoms. The third-order valence-electron chi connectivity index (χ3n) is 4.04. The van der Waals surface area contributed by atoms with Crippen molar-refractivity contribution in [2.24, 2.45) is 5.92 Å². The third kappa shape index (κ3) is 3.42. The number of likely N-dealkylation sites (N-methyl/N-ethyl adjacent to an activating group) is 1. The lowest BCUT2D eigenvalue weighted by Gasteiger charge is -2.28. The highest BCUT2D eigenvalue weighted by atomic mass is 16.3. The van der Waals surface area contributed by atoms with Crippen molar-refractivity contribution in [3.8, 4) is 0 Å². The van der Waals surface area contributed by atoms with E-state index in [4.69, 9.17) is 0 Å². The van der Waals surface area contributed by atoms with Gasteiger partial charge in [-0.1, -0.05) is 19.3 Å². The summed E-state index contributed by atoms with van der Waals surface area (Å²) in [6.45, 7) is 1.43. The van der Waals surface area contributed by atoms with Crippen LogP contribution in [0.1, 0.15) is 38.5 Å². The summed E-state index contributed by atoms with van der Waals surface area (Å²) in [6, 6.07) is -0.168. The minimum absolute atomic E-state index is 0.145. The Labute approximate surface area is 103 Å². The summed E-state index contributed by atoms with van der Waals surface area (Å²) in [5.74, 6) is 0.830. The third-order valence-corrected chi connectivity index (χ3v) is 4.04. The van der Waals surface area contributed by atoms with Gasteiger partial charge < -0.3 is 15.3 Å². The molecule has 0 aromatic rings. The standard InChI is InChI=1S/C13H24N2O2/c1-15(9-10-5-3-2-4-6-10)13(17)12-7-11(16)8-14-12/h10-12,14,16H,2-9H2,1H3. The first kappa shape index (κ1) is 12.8. The SMILES string of the molecule is CN(CC1CCCCC1)C(=O)C1CC(O)CN1. The first-order chi connectivity index (χ1) is 8.16. The quantitative estimate of drug-likeness (QED) is 0.765. The van der Waals surface area contributed by atoms with E-state index in [0.29, 0.717) is 18.9 Å². The lowest BCUT2D eigenvalue weighted by molar-refractivity contribution is -0.132. The molecule has 2 atom stereocenters. The minimum Gasteiger partial charge on any atom is -0.392 e. The number of amides is 1. The van der Waals surface area contributed by atoms with E-state index in [1.165, 1.54) is 32.1 Å². The molecule has 2 rings (SSSR count). The molecule has 2 N–H and O–H groups in total. The summed E-state index contributed by atoms with van der Waals surface area (Å²) in [5, 5.41) is 12.5. The Kier molecular flexibility index (Phi) is 4.40. The smallest absolute Gasteiger partial charge is 0.239 e. The molecule has 98 valence electrons. The van der Waals surface area contributed by atoms with E-state index in [2.05, 4.69) is 5.32 Å². The van der Waals surface area contributed by atoms with E-state index >= 15 is 0 Å². The van der Waals surface area contributed by atoms with Crippen LogP contribution in [0, 0.1) is 5.92 Å². The number of rotatable bonds is 3. The van der Waals surface area contributed by atoms with Gasteiger partial charge in [-0.15, -0.1) is 0 Å². The first-order valence-electron chi connectivity index (χ1n) is 6.83. The number of β-amino-alcohol motifs (C(OH)–C–C–N with tert-alkyl or cyclic N) is 1. The zero-order chi connectivity index (χ0) is 12.3. The number of hydrogen-bond acceptors (Lipinski definition) is 3. The van der Waals surface area contributed by atoms with Crippen molar-refractivity contribution in [1.29, 1.82) is 0 Å². The van der Waals surface area contributed by atoms with E-state index < -0.39 is 0 Å². The highest BCUT2D eigenvalue weighted by Crippen LogP contribution is 2.24. The first-order valence-corrected chi connectivity index (χ1v) is 6.83. The second-order valence-electron chi connectivity index (χ2n) is 5.57. The molecule has 4 heteroatoms. The number of nitrogens with zero attached hydrogens (tertiary/aromatic N) is 1. The fourth-order valence-electron chi connectivity index (χ4n) is 3.02. The van der Waals surface area contributed by atoms with Gasteiger partial charge in [-0.3, -0.25) is 4.79 Å². The molecule has 1 heterocycles. The summed E-state index contributed by atoms with van der Waals surface area (Å²) in [4.78, 5) is 14.0. The van der Waals surface area contributed by atoms with Crippen LogP contribution in [-0.4, -0.2) is 48.2 Å². The second-order valence-corrected chi connectivity index (χ2v) is 5.57. The zero-order valence-electron chi connectivity index (χ0n) is 10.7. The van der Waals surface area contributed by atoms with E-state index in [0.717, 1.165) is 6.54 Å². The lowest BCUT2D eigenvalue weighted by Crippen LogP contribution is -2.43. The normalized spacial score (nSPS) is 30.5. The van der Waals surface area contributed by atoms with Gasteiger partial charge in [0.2, 0.25) is 5.91 Å². The molecule has 0 radical (unpaired) electrons. The molecule has 0 bridgehead atoms. The number of aliphatic hydroxyl groups is 1. The van der Waals surface area contributed by atoms with Gasteiger partial charge in [0.05, 0.1) is 12.1 Å². The van der Waals surface area contributed by atoms with Crippen molar-refractivity contribution in [3.63, 3.8) is 0 Å². The molecule has 2 unspecified atom stereocenters. The van der Waals surface area contributed by atoms with Crippen LogP contribution >= 0.6 is 0 Å². The molecule has 2 fully saturated rings. The topological polar surface area (TPSA) is 52.6 Å². The van der Waals surface area contributed by atoms with Gasteiger partial charge in [0.15, 0.2) is 0 Å². The van der Waals surface area contributed by atoms with E-state index in [1.807, 2.05) is 11.9 Å². The van der Waals surface area contributed by atoms with E-state index in [1.54, 1.807) is 0 Å². The van der Waals surface area contributed by atoms with E-state index in [9.17, 15) is 9.90 Å². The molecule has 17 heavy (non-hydrogen) atoms. The molecule has 0 aromatic heterocycles. The maximum Gasteiger partial charge on any atom is 0.239 e. The molecule has 1 saturated heterocycles. The molecular weight excluding hydrogens is 216 g/mol. The fourth-order valence-corrected chi connectivity index (χ4v) is 3.02. The number of hydrogen-bond donors (Lipinski definition) is 2. The maximum absolute atomic E-state index is 12.1. The van der Waals surface area contributed by atoms with Crippen LogP contribution in [0.4, 0.5) is 0 Å². The molecule has 4 nitrogen and oxygen atoms in total. The average Bonchev–Trinajstić information content (AvgIpc) is 2.76. The molecule has 2 aliphatic rings. The maximum atomic E-state index is 12.1. The molecule has 0 aromatic carbocycles. The van der Waals surface area contributed by atoms with Crippen LogP contribution in [0.3, 0.4) is 0 Å². The average molecular weight is 240 g/mol. The van der Waals surface area contributed by atoms with Crippen molar-refractivity contribution < 1.29 is 9.90 Å². The summed E-state index contributed by atoms with van der Waals surface area (Å²) < 4.78 is 0. The highest BCUT2D eigenvalue weighted by Gasteiger charge is 2.30. The largest absolute Gasteiger partial charge is 0.392 e.